The summed E-state index contributed by atoms with van der Waals surface area (Å²) in [5.74, 6) is -0.000520. The highest BCUT2D eigenvalue weighted by Crippen LogP contribution is 2.42. The summed E-state index contributed by atoms with van der Waals surface area (Å²) >= 11 is 0. The predicted molar refractivity (Wildman–Crippen MR) is 55.5 cm³/mol. The predicted octanol–water partition coefficient (Wildman–Crippen LogP) is 4.65. The highest BCUT2D eigenvalue weighted by atomic mass is 19.4. The standard InChI is InChI=1S/C12H21F3/c1-8(2)10-4-6-11(7-5-10)9(3)12(13,14)15/h8-11H,4-7H2,1-3H3. The van der Waals surface area contributed by atoms with Crippen LogP contribution in [0.2, 0.25) is 0 Å². The molecule has 1 fully saturated rings. The van der Waals surface area contributed by atoms with Crippen LogP contribution < -0.4 is 0 Å². The van der Waals surface area contributed by atoms with Crippen LogP contribution in [0.15, 0.2) is 0 Å². The van der Waals surface area contributed by atoms with Gasteiger partial charge >= 0.3 is 6.18 Å². The molecule has 0 aromatic carbocycles. The third-order valence-corrected chi connectivity index (χ3v) is 3.98. The van der Waals surface area contributed by atoms with E-state index in [1.54, 1.807) is 0 Å². The zero-order valence-electron chi connectivity index (χ0n) is 9.77. The van der Waals surface area contributed by atoms with Gasteiger partial charge in [0.15, 0.2) is 0 Å². The molecule has 1 aliphatic rings. The quantitative estimate of drug-likeness (QED) is 0.638. The van der Waals surface area contributed by atoms with Crippen LogP contribution in [0.5, 0.6) is 0 Å². The molecule has 0 spiro atoms. The summed E-state index contributed by atoms with van der Waals surface area (Å²) < 4.78 is 37.5. The Kier molecular flexibility index (Phi) is 4.07. The van der Waals surface area contributed by atoms with Gasteiger partial charge in [-0.3, -0.25) is 0 Å². The lowest BCUT2D eigenvalue weighted by molar-refractivity contribution is -0.187. The van der Waals surface area contributed by atoms with Crippen molar-refractivity contribution in [3.63, 3.8) is 0 Å². The first-order valence-corrected chi connectivity index (χ1v) is 5.89. The van der Waals surface area contributed by atoms with Crippen molar-refractivity contribution < 1.29 is 13.2 Å². The molecule has 1 atom stereocenters. The fourth-order valence-electron chi connectivity index (χ4n) is 2.58. The van der Waals surface area contributed by atoms with Gasteiger partial charge < -0.3 is 0 Å². The van der Waals surface area contributed by atoms with Crippen molar-refractivity contribution >= 4 is 0 Å². The Hall–Kier alpha value is -0.210. The van der Waals surface area contributed by atoms with Gasteiger partial charge in [-0.15, -0.1) is 0 Å². The van der Waals surface area contributed by atoms with Crippen LogP contribution >= 0.6 is 0 Å². The molecule has 15 heavy (non-hydrogen) atoms. The van der Waals surface area contributed by atoms with E-state index < -0.39 is 12.1 Å². The number of alkyl halides is 3. The number of hydrogen-bond acceptors (Lipinski definition) is 0. The monoisotopic (exact) mass is 222 g/mol. The van der Waals surface area contributed by atoms with Crippen LogP contribution in [0.1, 0.15) is 46.5 Å². The lowest BCUT2D eigenvalue weighted by Crippen LogP contribution is -2.31. The highest BCUT2D eigenvalue weighted by Gasteiger charge is 2.42. The van der Waals surface area contributed by atoms with Gasteiger partial charge in [-0.1, -0.05) is 20.8 Å². The molecular formula is C12H21F3. The summed E-state index contributed by atoms with van der Waals surface area (Å²) in [5.41, 5.74) is 0. The smallest absolute Gasteiger partial charge is 0.171 e. The van der Waals surface area contributed by atoms with Crippen LogP contribution in [-0.2, 0) is 0 Å². The van der Waals surface area contributed by atoms with E-state index in [1.165, 1.54) is 6.92 Å². The Balaban J connectivity index is 2.44. The van der Waals surface area contributed by atoms with E-state index in [0.717, 1.165) is 25.7 Å². The van der Waals surface area contributed by atoms with Crippen molar-refractivity contribution in [2.75, 3.05) is 0 Å². The molecule has 0 saturated heterocycles. The van der Waals surface area contributed by atoms with Crippen molar-refractivity contribution in [2.24, 2.45) is 23.7 Å². The minimum atomic E-state index is -4.00. The molecule has 0 amide bonds. The second-order valence-corrected chi connectivity index (χ2v) is 5.25. The molecule has 0 aromatic heterocycles. The lowest BCUT2D eigenvalue weighted by atomic mass is 9.73. The van der Waals surface area contributed by atoms with Gasteiger partial charge in [0.25, 0.3) is 0 Å². The van der Waals surface area contributed by atoms with Crippen molar-refractivity contribution in [2.45, 2.75) is 52.6 Å². The minimum absolute atomic E-state index is 0.139. The van der Waals surface area contributed by atoms with Crippen LogP contribution in [0, 0.1) is 23.7 Å². The van der Waals surface area contributed by atoms with Gasteiger partial charge in [0, 0.05) is 0 Å². The van der Waals surface area contributed by atoms with E-state index in [2.05, 4.69) is 13.8 Å². The van der Waals surface area contributed by atoms with Crippen LogP contribution in [0.25, 0.3) is 0 Å². The van der Waals surface area contributed by atoms with Gasteiger partial charge in [0.1, 0.15) is 0 Å². The summed E-state index contributed by atoms with van der Waals surface area (Å²) in [6.45, 7) is 5.66. The second kappa shape index (κ2) is 4.75. The number of hydrogen-bond donors (Lipinski definition) is 0. The average Bonchev–Trinajstić information content (AvgIpc) is 2.15. The van der Waals surface area contributed by atoms with Crippen molar-refractivity contribution in [3.8, 4) is 0 Å². The first-order chi connectivity index (χ1) is 6.82. The maximum absolute atomic E-state index is 12.5. The Bertz CT molecular complexity index is 188. The summed E-state index contributed by atoms with van der Waals surface area (Å²) in [5, 5.41) is 0. The fraction of sp³-hybridized carbons (Fsp3) is 1.00. The first-order valence-electron chi connectivity index (χ1n) is 5.89. The Morgan fingerprint density at radius 1 is 0.867 bits per heavy atom. The molecular weight excluding hydrogens is 201 g/mol. The van der Waals surface area contributed by atoms with E-state index in [9.17, 15) is 13.2 Å². The van der Waals surface area contributed by atoms with Gasteiger partial charge in [0.2, 0.25) is 0 Å². The van der Waals surface area contributed by atoms with Crippen LogP contribution in [-0.4, -0.2) is 6.18 Å². The molecule has 1 aliphatic carbocycles. The largest absolute Gasteiger partial charge is 0.391 e. The molecule has 1 rings (SSSR count). The topological polar surface area (TPSA) is 0 Å². The van der Waals surface area contributed by atoms with E-state index in [4.69, 9.17) is 0 Å². The Morgan fingerprint density at radius 2 is 1.27 bits per heavy atom. The zero-order valence-corrected chi connectivity index (χ0v) is 9.77. The Labute approximate surface area is 90.2 Å². The van der Waals surface area contributed by atoms with Gasteiger partial charge in [-0.2, -0.15) is 13.2 Å². The Morgan fingerprint density at radius 3 is 1.60 bits per heavy atom. The molecule has 0 bridgehead atoms. The SMILES string of the molecule is CC(C)C1CCC(C(C)C(F)(F)F)CC1. The number of rotatable bonds is 2. The molecule has 0 nitrogen and oxygen atoms in total. The summed E-state index contributed by atoms with van der Waals surface area (Å²) in [4.78, 5) is 0. The number of halogens is 3. The van der Waals surface area contributed by atoms with Gasteiger partial charge in [-0.25, -0.2) is 0 Å². The lowest BCUT2D eigenvalue weighted by Gasteiger charge is -2.34. The molecule has 0 N–H and O–H groups in total. The van der Waals surface area contributed by atoms with E-state index in [-0.39, 0.29) is 5.92 Å². The molecule has 0 heterocycles. The van der Waals surface area contributed by atoms with Crippen LogP contribution in [0.4, 0.5) is 13.2 Å². The molecule has 0 aromatic rings. The normalized spacial score (nSPS) is 30.6. The minimum Gasteiger partial charge on any atom is -0.171 e. The van der Waals surface area contributed by atoms with Gasteiger partial charge in [0.05, 0.1) is 5.92 Å². The van der Waals surface area contributed by atoms with E-state index in [1.807, 2.05) is 0 Å². The van der Waals surface area contributed by atoms with Crippen molar-refractivity contribution in [1.29, 1.82) is 0 Å². The molecule has 1 unspecified atom stereocenters. The molecule has 90 valence electrons. The van der Waals surface area contributed by atoms with Crippen molar-refractivity contribution in [1.82, 2.24) is 0 Å². The van der Waals surface area contributed by atoms with E-state index in [0.29, 0.717) is 11.8 Å². The van der Waals surface area contributed by atoms with E-state index >= 15 is 0 Å². The summed E-state index contributed by atoms with van der Waals surface area (Å²) in [6.07, 6.45) is -0.548. The summed E-state index contributed by atoms with van der Waals surface area (Å²) in [7, 11) is 0. The first kappa shape index (κ1) is 12.9. The van der Waals surface area contributed by atoms with Crippen molar-refractivity contribution in [3.05, 3.63) is 0 Å². The fourth-order valence-corrected chi connectivity index (χ4v) is 2.58. The molecule has 0 radical (unpaired) electrons. The molecule has 3 heteroatoms. The zero-order chi connectivity index (χ0) is 11.6. The maximum Gasteiger partial charge on any atom is 0.391 e. The van der Waals surface area contributed by atoms with Gasteiger partial charge in [-0.05, 0) is 43.4 Å². The third-order valence-electron chi connectivity index (χ3n) is 3.98. The maximum atomic E-state index is 12.5. The van der Waals surface area contributed by atoms with Crippen LogP contribution in [0.3, 0.4) is 0 Å². The highest BCUT2D eigenvalue weighted by molar-refractivity contribution is 4.80. The third kappa shape index (κ3) is 3.39. The molecule has 0 aliphatic heterocycles. The average molecular weight is 222 g/mol. The molecule has 1 saturated carbocycles. The summed E-state index contributed by atoms with van der Waals surface area (Å²) in [6, 6.07) is 0. The second-order valence-electron chi connectivity index (χ2n) is 5.25.